The van der Waals surface area contributed by atoms with Gasteiger partial charge < -0.3 is 15.0 Å². The minimum atomic E-state index is -0.0433. The van der Waals surface area contributed by atoms with E-state index in [1.807, 2.05) is 11.0 Å². The van der Waals surface area contributed by atoms with E-state index in [1.54, 1.807) is 32.2 Å². The number of anilines is 2. The van der Waals surface area contributed by atoms with E-state index < -0.39 is 0 Å². The Kier molecular flexibility index (Phi) is 5.61. The van der Waals surface area contributed by atoms with Gasteiger partial charge in [-0.15, -0.1) is 0 Å². The fourth-order valence-electron chi connectivity index (χ4n) is 3.01. The Morgan fingerprint density at radius 2 is 2.00 bits per heavy atom. The fourth-order valence-corrected chi connectivity index (χ4v) is 3.26. The number of hydrogen-bond acceptors (Lipinski definition) is 5. The summed E-state index contributed by atoms with van der Waals surface area (Å²) in [5, 5.41) is 3.68. The number of nitrogens with one attached hydrogen (secondary N) is 1. The summed E-state index contributed by atoms with van der Waals surface area (Å²) >= 11 is 6.16. The Balaban J connectivity index is 1.79. The summed E-state index contributed by atoms with van der Waals surface area (Å²) in [7, 11) is 1.57. The molecule has 1 aromatic carbocycles. The number of nitrogens with zero attached hydrogens (tertiary/aromatic N) is 3. The zero-order valence-electron chi connectivity index (χ0n) is 15.3. The van der Waals surface area contributed by atoms with E-state index in [-0.39, 0.29) is 5.91 Å². The highest BCUT2D eigenvalue weighted by molar-refractivity contribution is 6.32. The topological polar surface area (TPSA) is 67.3 Å². The van der Waals surface area contributed by atoms with Gasteiger partial charge in [0.1, 0.15) is 23.1 Å². The normalized spacial score (nSPS) is 15.0. The zero-order valence-corrected chi connectivity index (χ0v) is 16.0. The van der Waals surface area contributed by atoms with Crippen molar-refractivity contribution in [2.75, 3.05) is 25.5 Å². The average molecular weight is 375 g/mol. The van der Waals surface area contributed by atoms with E-state index in [9.17, 15) is 4.79 Å². The van der Waals surface area contributed by atoms with Gasteiger partial charge in [0.25, 0.3) is 5.91 Å². The minimum Gasteiger partial charge on any atom is -0.495 e. The third kappa shape index (κ3) is 4.25. The number of rotatable bonds is 4. The van der Waals surface area contributed by atoms with Gasteiger partial charge in [-0.3, -0.25) is 4.79 Å². The molecule has 0 radical (unpaired) electrons. The van der Waals surface area contributed by atoms with Crippen LogP contribution in [0, 0.1) is 12.8 Å². The van der Waals surface area contributed by atoms with Crippen LogP contribution in [0.2, 0.25) is 5.02 Å². The van der Waals surface area contributed by atoms with Crippen LogP contribution in [0.1, 0.15) is 36.1 Å². The first-order valence-corrected chi connectivity index (χ1v) is 9.09. The number of hydrogen-bond donors (Lipinski definition) is 1. The summed E-state index contributed by atoms with van der Waals surface area (Å²) < 4.78 is 5.16. The van der Waals surface area contributed by atoms with E-state index in [2.05, 4.69) is 22.2 Å². The van der Waals surface area contributed by atoms with Crippen LogP contribution in [0.3, 0.4) is 0 Å². The number of piperidine rings is 1. The smallest absolute Gasteiger partial charge is 0.272 e. The Hall–Kier alpha value is -2.34. The van der Waals surface area contributed by atoms with Crippen molar-refractivity contribution in [3.8, 4) is 5.75 Å². The molecule has 0 bridgehead atoms. The molecule has 1 saturated heterocycles. The Bertz CT molecular complexity index is 804. The second kappa shape index (κ2) is 7.91. The van der Waals surface area contributed by atoms with Gasteiger partial charge in [-0.1, -0.05) is 18.5 Å². The van der Waals surface area contributed by atoms with Gasteiger partial charge in [-0.2, -0.15) is 0 Å². The molecular weight excluding hydrogens is 352 g/mol. The van der Waals surface area contributed by atoms with E-state index in [1.165, 1.54) is 0 Å². The molecule has 1 N–H and O–H groups in total. The second-order valence-electron chi connectivity index (χ2n) is 6.63. The van der Waals surface area contributed by atoms with Crippen molar-refractivity contribution in [1.82, 2.24) is 14.9 Å². The summed E-state index contributed by atoms with van der Waals surface area (Å²) in [6, 6.07) is 7.06. The van der Waals surface area contributed by atoms with Crippen LogP contribution in [0.4, 0.5) is 11.5 Å². The predicted octanol–water partition coefficient (Wildman–Crippen LogP) is 4.06. The molecule has 1 fully saturated rings. The SMILES string of the molecule is COc1ccc(Nc2cc(C(=O)N3CCC(C)CC3)nc(C)n2)cc1Cl. The van der Waals surface area contributed by atoms with Gasteiger partial charge in [0.2, 0.25) is 0 Å². The molecule has 0 aliphatic carbocycles. The van der Waals surface area contributed by atoms with Crippen LogP contribution in [-0.2, 0) is 0 Å². The van der Waals surface area contributed by atoms with E-state index in [4.69, 9.17) is 16.3 Å². The first-order chi connectivity index (χ1) is 12.5. The van der Waals surface area contributed by atoms with Crippen molar-refractivity contribution in [2.45, 2.75) is 26.7 Å². The lowest BCUT2D eigenvalue weighted by Gasteiger charge is -2.30. The number of benzene rings is 1. The van der Waals surface area contributed by atoms with E-state index in [0.717, 1.165) is 31.6 Å². The van der Waals surface area contributed by atoms with Crippen LogP contribution in [0.15, 0.2) is 24.3 Å². The molecule has 2 heterocycles. The standard InChI is InChI=1S/C19H23ClN4O2/c1-12-6-8-24(9-7-12)19(25)16-11-18(22-13(2)21-16)23-14-4-5-17(26-3)15(20)10-14/h4-5,10-12H,6-9H2,1-3H3,(H,21,22,23). The maximum atomic E-state index is 12.8. The molecule has 26 heavy (non-hydrogen) atoms. The maximum Gasteiger partial charge on any atom is 0.272 e. The number of ether oxygens (including phenoxy) is 1. The average Bonchev–Trinajstić information content (AvgIpc) is 2.61. The number of halogens is 1. The summed E-state index contributed by atoms with van der Waals surface area (Å²) in [5.74, 6) is 2.34. The number of carbonyl (C=O) groups is 1. The highest BCUT2D eigenvalue weighted by Crippen LogP contribution is 2.28. The van der Waals surface area contributed by atoms with Gasteiger partial charge in [0.05, 0.1) is 12.1 Å². The predicted molar refractivity (Wildman–Crippen MR) is 102 cm³/mol. The van der Waals surface area contributed by atoms with Crippen LogP contribution in [0.25, 0.3) is 0 Å². The second-order valence-corrected chi connectivity index (χ2v) is 7.04. The van der Waals surface area contributed by atoms with Crippen molar-refractivity contribution < 1.29 is 9.53 Å². The number of methoxy groups -OCH3 is 1. The van der Waals surface area contributed by atoms with Crippen molar-refractivity contribution in [1.29, 1.82) is 0 Å². The molecule has 0 atom stereocenters. The number of likely N-dealkylation sites (tertiary alicyclic amines) is 1. The molecule has 6 nitrogen and oxygen atoms in total. The summed E-state index contributed by atoms with van der Waals surface area (Å²) in [4.78, 5) is 23.3. The Morgan fingerprint density at radius 1 is 1.27 bits per heavy atom. The van der Waals surface area contributed by atoms with Crippen LogP contribution < -0.4 is 10.1 Å². The van der Waals surface area contributed by atoms with E-state index in [0.29, 0.717) is 34.0 Å². The van der Waals surface area contributed by atoms with Gasteiger partial charge in [0.15, 0.2) is 0 Å². The van der Waals surface area contributed by atoms with Crippen LogP contribution >= 0.6 is 11.6 Å². The van der Waals surface area contributed by atoms with Gasteiger partial charge in [-0.05, 0) is 43.9 Å². The largest absolute Gasteiger partial charge is 0.495 e. The fraction of sp³-hybridized carbons (Fsp3) is 0.421. The first-order valence-electron chi connectivity index (χ1n) is 8.72. The van der Waals surface area contributed by atoms with Crippen molar-refractivity contribution in [2.24, 2.45) is 5.92 Å². The molecule has 138 valence electrons. The minimum absolute atomic E-state index is 0.0433. The third-order valence-electron chi connectivity index (χ3n) is 4.55. The lowest BCUT2D eigenvalue weighted by molar-refractivity contribution is 0.0691. The molecule has 1 amide bonds. The summed E-state index contributed by atoms with van der Waals surface area (Å²) in [6.07, 6.45) is 2.07. The molecule has 0 saturated carbocycles. The quantitative estimate of drug-likeness (QED) is 0.873. The van der Waals surface area contributed by atoms with Crippen molar-refractivity contribution in [3.63, 3.8) is 0 Å². The highest BCUT2D eigenvalue weighted by Gasteiger charge is 2.23. The monoisotopic (exact) mass is 374 g/mol. The molecule has 0 unspecified atom stereocenters. The summed E-state index contributed by atoms with van der Waals surface area (Å²) in [6.45, 7) is 5.56. The van der Waals surface area contributed by atoms with Crippen molar-refractivity contribution >= 4 is 29.0 Å². The Morgan fingerprint density at radius 3 is 2.65 bits per heavy atom. The molecule has 2 aromatic rings. The lowest BCUT2D eigenvalue weighted by Crippen LogP contribution is -2.38. The number of amides is 1. The number of carbonyl (C=O) groups excluding carboxylic acids is 1. The highest BCUT2D eigenvalue weighted by atomic mass is 35.5. The molecule has 1 aromatic heterocycles. The Labute approximate surface area is 158 Å². The maximum absolute atomic E-state index is 12.8. The molecule has 1 aliphatic rings. The van der Waals surface area contributed by atoms with Gasteiger partial charge in [-0.25, -0.2) is 9.97 Å². The van der Waals surface area contributed by atoms with Crippen LogP contribution in [0.5, 0.6) is 5.75 Å². The number of aromatic nitrogens is 2. The molecule has 7 heteroatoms. The van der Waals surface area contributed by atoms with Crippen molar-refractivity contribution in [3.05, 3.63) is 40.8 Å². The van der Waals surface area contributed by atoms with Gasteiger partial charge >= 0.3 is 0 Å². The molecule has 3 rings (SSSR count). The molecule has 1 aliphatic heterocycles. The first kappa shape index (κ1) is 18.5. The third-order valence-corrected chi connectivity index (χ3v) is 4.85. The zero-order chi connectivity index (χ0) is 18.7. The molecule has 0 spiro atoms. The van der Waals surface area contributed by atoms with Gasteiger partial charge in [0, 0.05) is 24.8 Å². The lowest BCUT2D eigenvalue weighted by atomic mass is 9.99. The van der Waals surface area contributed by atoms with Crippen LogP contribution in [-0.4, -0.2) is 41.0 Å². The summed E-state index contributed by atoms with van der Waals surface area (Å²) in [5.41, 5.74) is 1.17. The number of aryl methyl sites for hydroxylation is 1. The molecular formula is C19H23ClN4O2. The van der Waals surface area contributed by atoms with E-state index >= 15 is 0 Å².